The minimum absolute atomic E-state index is 0.0842. The molecule has 1 aliphatic rings. The number of nitrogens with zero attached hydrogens (tertiary/aromatic N) is 2. The maximum absolute atomic E-state index is 12.2. The molecule has 20 heavy (non-hydrogen) atoms. The summed E-state index contributed by atoms with van der Waals surface area (Å²) in [6.07, 6.45) is 4.61. The molecule has 1 amide bonds. The van der Waals surface area contributed by atoms with Crippen LogP contribution in [-0.2, 0) is 0 Å². The predicted molar refractivity (Wildman–Crippen MR) is 73.3 cm³/mol. The molecular formula is C13H18N4O3. The molecule has 0 bridgehead atoms. The van der Waals surface area contributed by atoms with E-state index in [0.29, 0.717) is 5.69 Å². The normalized spacial score (nSPS) is 22.3. The topological polar surface area (TPSA) is 111 Å². The van der Waals surface area contributed by atoms with Crippen molar-refractivity contribution >= 4 is 11.6 Å². The molecule has 7 heteroatoms. The molecule has 0 atom stereocenters. The fourth-order valence-corrected chi connectivity index (χ4v) is 2.38. The Bertz CT molecular complexity index is 524. The highest BCUT2D eigenvalue weighted by atomic mass is 16.6. The summed E-state index contributed by atoms with van der Waals surface area (Å²) in [6, 6.07) is 1.57. The van der Waals surface area contributed by atoms with Crippen LogP contribution in [0.25, 0.3) is 0 Å². The highest BCUT2D eigenvalue weighted by Gasteiger charge is 2.22. The molecule has 1 aromatic heterocycles. The number of hydrogen-bond donors (Lipinski definition) is 2. The van der Waals surface area contributed by atoms with Gasteiger partial charge >= 0.3 is 0 Å². The highest BCUT2D eigenvalue weighted by molar-refractivity contribution is 5.95. The average molecular weight is 278 g/mol. The third kappa shape index (κ3) is 3.30. The van der Waals surface area contributed by atoms with Crippen molar-refractivity contribution in [2.45, 2.75) is 44.7 Å². The molecule has 0 unspecified atom stereocenters. The lowest BCUT2D eigenvalue weighted by Gasteiger charge is -2.26. The summed E-state index contributed by atoms with van der Waals surface area (Å²) in [5.41, 5.74) is 6.39. The number of pyridine rings is 1. The zero-order valence-electron chi connectivity index (χ0n) is 11.3. The minimum Gasteiger partial charge on any atom is -0.349 e. The number of nitrogens with two attached hydrogens (primary N) is 1. The van der Waals surface area contributed by atoms with Gasteiger partial charge < -0.3 is 11.1 Å². The molecule has 0 saturated heterocycles. The molecule has 1 fully saturated rings. The number of aromatic nitrogens is 1. The Morgan fingerprint density at radius 3 is 2.70 bits per heavy atom. The second kappa shape index (κ2) is 5.96. The van der Waals surface area contributed by atoms with E-state index in [1.807, 2.05) is 0 Å². The lowest BCUT2D eigenvalue weighted by Crippen LogP contribution is -2.40. The zero-order valence-corrected chi connectivity index (χ0v) is 11.3. The summed E-state index contributed by atoms with van der Waals surface area (Å²) < 4.78 is 0. The summed E-state index contributed by atoms with van der Waals surface area (Å²) in [4.78, 5) is 26.3. The Labute approximate surface area is 116 Å². The van der Waals surface area contributed by atoms with Gasteiger partial charge in [-0.25, -0.2) is 0 Å². The van der Waals surface area contributed by atoms with Gasteiger partial charge in [-0.15, -0.1) is 0 Å². The van der Waals surface area contributed by atoms with Gasteiger partial charge in [0.2, 0.25) is 0 Å². The van der Waals surface area contributed by atoms with E-state index in [0.717, 1.165) is 31.9 Å². The van der Waals surface area contributed by atoms with Crippen molar-refractivity contribution in [1.29, 1.82) is 0 Å². The Hall–Kier alpha value is -2.02. The van der Waals surface area contributed by atoms with Crippen molar-refractivity contribution in [3.8, 4) is 0 Å². The third-order valence-corrected chi connectivity index (χ3v) is 3.63. The van der Waals surface area contributed by atoms with Gasteiger partial charge in [0.05, 0.1) is 16.2 Å². The lowest BCUT2D eigenvalue weighted by atomic mass is 9.91. The van der Waals surface area contributed by atoms with E-state index in [1.54, 1.807) is 6.92 Å². The number of carbonyl (C=O) groups excluding carboxylic acids is 1. The molecule has 1 aliphatic carbocycles. The van der Waals surface area contributed by atoms with Crippen LogP contribution in [0.1, 0.15) is 41.7 Å². The van der Waals surface area contributed by atoms with Gasteiger partial charge in [-0.1, -0.05) is 0 Å². The average Bonchev–Trinajstić information content (AvgIpc) is 2.41. The summed E-state index contributed by atoms with van der Waals surface area (Å²) >= 11 is 0. The SMILES string of the molecule is Cc1ncc([N+](=O)[O-])cc1C(=O)NC1CCC(N)CC1. The van der Waals surface area contributed by atoms with Crippen LogP contribution in [0.15, 0.2) is 12.3 Å². The summed E-state index contributed by atoms with van der Waals surface area (Å²) in [5, 5.41) is 13.6. The standard InChI is InChI=1S/C13H18N4O3/c1-8-12(6-11(7-15-8)17(19)20)13(18)16-10-4-2-9(14)3-5-10/h6-7,9-10H,2-5,14H2,1H3,(H,16,18). The fourth-order valence-electron chi connectivity index (χ4n) is 2.38. The van der Waals surface area contributed by atoms with E-state index in [9.17, 15) is 14.9 Å². The van der Waals surface area contributed by atoms with E-state index in [4.69, 9.17) is 5.73 Å². The van der Waals surface area contributed by atoms with Gasteiger partial charge in [0.15, 0.2) is 0 Å². The number of carbonyl (C=O) groups is 1. The third-order valence-electron chi connectivity index (χ3n) is 3.63. The highest BCUT2D eigenvalue weighted by Crippen LogP contribution is 2.19. The predicted octanol–water partition coefficient (Wildman–Crippen LogP) is 1.30. The maximum atomic E-state index is 12.2. The number of amides is 1. The quantitative estimate of drug-likeness (QED) is 0.639. The Balaban J connectivity index is 2.08. The first-order chi connectivity index (χ1) is 9.47. The molecule has 1 saturated carbocycles. The summed E-state index contributed by atoms with van der Waals surface area (Å²) in [6.45, 7) is 1.66. The number of nitro groups is 1. The molecular weight excluding hydrogens is 260 g/mol. The van der Waals surface area contributed by atoms with Gasteiger partial charge in [0.1, 0.15) is 6.20 Å². The molecule has 108 valence electrons. The van der Waals surface area contributed by atoms with Gasteiger partial charge in [0, 0.05) is 18.2 Å². The lowest BCUT2D eigenvalue weighted by molar-refractivity contribution is -0.385. The molecule has 0 radical (unpaired) electrons. The molecule has 3 N–H and O–H groups in total. The molecule has 1 aromatic rings. The van der Waals surface area contributed by atoms with E-state index < -0.39 is 4.92 Å². The van der Waals surface area contributed by atoms with Crippen molar-refractivity contribution in [3.63, 3.8) is 0 Å². The van der Waals surface area contributed by atoms with Crippen LogP contribution in [-0.4, -0.2) is 27.9 Å². The number of aryl methyl sites for hydroxylation is 1. The van der Waals surface area contributed by atoms with Gasteiger partial charge in [-0.3, -0.25) is 19.9 Å². The molecule has 7 nitrogen and oxygen atoms in total. The van der Waals surface area contributed by atoms with Crippen molar-refractivity contribution < 1.29 is 9.72 Å². The Kier molecular flexibility index (Phi) is 4.29. The van der Waals surface area contributed by atoms with Crippen molar-refractivity contribution in [2.75, 3.05) is 0 Å². The van der Waals surface area contributed by atoms with E-state index in [-0.39, 0.29) is 29.2 Å². The zero-order chi connectivity index (χ0) is 14.7. The van der Waals surface area contributed by atoms with Gasteiger partial charge in [-0.05, 0) is 32.6 Å². The Morgan fingerprint density at radius 2 is 2.10 bits per heavy atom. The van der Waals surface area contributed by atoms with Crippen LogP contribution in [0.3, 0.4) is 0 Å². The van der Waals surface area contributed by atoms with Crippen molar-refractivity contribution in [1.82, 2.24) is 10.3 Å². The molecule has 0 spiro atoms. The second-order valence-corrected chi connectivity index (χ2v) is 5.17. The van der Waals surface area contributed by atoms with Crippen LogP contribution >= 0.6 is 0 Å². The maximum Gasteiger partial charge on any atom is 0.288 e. The first kappa shape index (κ1) is 14.4. The summed E-state index contributed by atoms with van der Waals surface area (Å²) in [5.74, 6) is -0.306. The van der Waals surface area contributed by atoms with Gasteiger partial charge in [-0.2, -0.15) is 0 Å². The van der Waals surface area contributed by atoms with E-state index >= 15 is 0 Å². The van der Waals surface area contributed by atoms with Gasteiger partial charge in [0.25, 0.3) is 11.6 Å². The van der Waals surface area contributed by atoms with E-state index in [2.05, 4.69) is 10.3 Å². The molecule has 2 rings (SSSR count). The summed E-state index contributed by atoms with van der Waals surface area (Å²) in [7, 11) is 0. The van der Waals surface area contributed by atoms with Crippen LogP contribution in [0.5, 0.6) is 0 Å². The molecule has 0 aromatic carbocycles. The first-order valence-electron chi connectivity index (χ1n) is 6.65. The fraction of sp³-hybridized carbons (Fsp3) is 0.538. The van der Waals surface area contributed by atoms with Crippen LogP contribution < -0.4 is 11.1 Å². The number of rotatable bonds is 3. The van der Waals surface area contributed by atoms with E-state index in [1.165, 1.54) is 6.07 Å². The van der Waals surface area contributed by atoms with Crippen LogP contribution in [0.4, 0.5) is 5.69 Å². The largest absolute Gasteiger partial charge is 0.349 e. The second-order valence-electron chi connectivity index (χ2n) is 5.17. The van der Waals surface area contributed by atoms with Crippen molar-refractivity contribution in [2.24, 2.45) is 5.73 Å². The number of hydrogen-bond acceptors (Lipinski definition) is 5. The smallest absolute Gasteiger partial charge is 0.288 e. The minimum atomic E-state index is -0.553. The van der Waals surface area contributed by atoms with Crippen molar-refractivity contribution in [3.05, 3.63) is 33.6 Å². The monoisotopic (exact) mass is 278 g/mol. The Morgan fingerprint density at radius 1 is 1.45 bits per heavy atom. The van der Waals surface area contributed by atoms with Crippen LogP contribution in [0.2, 0.25) is 0 Å². The molecule has 1 heterocycles. The first-order valence-corrected chi connectivity index (χ1v) is 6.65. The van der Waals surface area contributed by atoms with Crippen LogP contribution in [0, 0.1) is 17.0 Å². The molecule has 0 aliphatic heterocycles. The number of nitrogens with one attached hydrogen (secondary N) is 1.